The van der Waals surface area contributed by atoms with Crippen molar-refractivity contribution in [3.63, 3.8) is 0 Å². The molecule has 0 fully saturated rings. The highest BCUT2D eigenvalue weighted by Crippen LogP contribution is 2.08. The molecule has 0 saturated carbocycles. The van der Waals surface area contributed by atoms with Gasteiger partial charge >= 0.3 is 18.0 Å². The Balaban J connectivity index is 2.67. The van der Waals surface area contributed by atoms with E-state index in [0.29, 0.717) is 0 Å². The molecule has 0 aromatic heterocycles. The molecule has 1 atom stereocenters. The molecule has 126 valence electrons. The van der Waals surface area contributed by atoms with Crippen LogP contribution in [0.1, 0.15) is 26.3 Å². The lowest BCUT2D eigenvalue weighted by atomic mass is 10.2. The van der Waals surface area contributed by atoms with E-state index in [1.807, 2.05) is 6.07 Å². The molecule has 0 heterocycles. The van der Waals surface area contributed by atoms with Gasteiger partial charge in [-0.2, -0.15) is 0 Å². The fourth-order valence-electron chi connectivity index (χ4n) is 1.57. The van der Waals surface area contributed by atoms with Crippen molar-refractivity contribution in [1.82, 2.24) is 5.32 Å². The third kappa shape index (κ3) is 6.82. The Morgan fingerprint density at radius 3 is 2.22 bits per heavy atom. The highest BCUT2D eigenvalue weighted by Gasteiger charge is 2.32. The van der Waals surface area contributed by atoms with E-state index in [-0.39, 0.29) is 6.61 Å². The smallest absolute Gasteiger partial charge is 0.408 e. The molecule has 0 saturated heterocycles. The number of hydrogen-bond donors (Lipinski definition) is 1. The minimum absolute atomic E-state index is 0.0246. The van der Waals surface area contributed by atoms with Crippen molar-refractivity contribution in [3.05, 3.63) is 35.9 Å². The second-order valence-corrected chi connectivity index (χ2v) is 5.70. The van der Waals surface area contributed by atoms with Crippen molar-refractivity contribution in [2.45, 2.75) is 39.0 Å². The molecule has 1 aromatic rings. The van der Waals surface area contributed by atoms with E-state index >= 15 is 0 Å². The number of amides is 1. The van der Waals surface area contributed by atoms with E-state index in [2.05, 4.69) is 10.1 Å². The average Bonchev–Trinajstić information content (AvgIpc) is 2.49. The monoisotopic (exact) mass is 323 g/mol. The Hall–Kier alpha value is -2.57. The zero-order valence-corrected chi connectivity index (χ0v) is 13.6. The van der Waals surface area contributed by atoms with E-state index in [1.54, 1.807) is 45.0 Å². The van der Waals surface area contributed by atoms with E-state index in [0.717, 1.165) is 12.7 Å². The summed E-state index contributed by atoms with van der Waals surface area (Å²) in [5.74, 6) is -1.86. The summed E-state index contributed by atoms with van der Waals surface area (Å²) in [6, 6.07) is 7.36. The summed E-state index contributed by atoms with van der Waals surface area (Å²) in [6.45, 7) is 4.96. The topological polar surface area (TPSA) is 90.9 Å². The van der Waals surface area contributed by atoms with Gasteiger partial charge in [-0.15, -0.1) is 0 Å². The summed E-state index contributed by atoms with van der Waals surface area (Å²) < 4.78 is 14.6. The number of hydrogen-bond acceptors (Lipinski definition) is 6. The first-order valence-electron chi connectivity index (χ1n) is 7.01. The van der Waals surface area contributed by atoms with Crippen LogP contribution in [0.25, 0.3) is 0 Å². The minimum atomic E-state index is -1.58. The zero-order chi connectivity index (χ0) is 17.5. The van der Waals surface area contributed by atoms with Crippen molar-refractivity contribution in [2.75, 3.05) is 7.11 Å². The first kappa shape index (κ1) is 18.5. The number of benzene rings is 1. The van der Waals surface area contributed by atoms with Crippen LogP contribution in [0.2, 0.25) is 0 Å². The average molecular weight is 323 g/mol. The van der Waals surface area contributed by atoms with Gasteiger partial charge in [0.05, 0.1) is 7.11 Å². The minimum Gasteiger partial charge on any atom is -0.467 e. The molecule has 1 N–H and O–H groups in total. The van der Waals surface area contributed by atoms with Gasteiger partial charge in [0, 0.05) is 0 Å². The molecular weight excluding hydrogens is 302 g/mol. The Labute approximate surface area is 134 Å². The summed E-state index contributed by atoms with van der Waals surface area (Å²) in [6.07, 6.45) is -0.912. The standard InChI is InChI=1S/C16H21NO6/c1-16(2,3)23-15(20)17-12(13(18)21-4)14(19)22-10-11-8-6-5-7-9-11/h5-9,12H,10H2,1-4H3,(H,17,20). The van der Waals surface area contributed by atoms with Gasteiger partial charge in [-0.1, -0.05) is 30.3 Å². The van der Waals surface area contributed by atoms with Gasteiger partial charge in [0.15, 0.2) is 0 Å². The Morgan fingerprint density at radius 2 is 1.70 bits per heavy atom. The molecule has 0 aliphatic carbocycles. The molecule has 1 rings (SSSR count). The normalized spacial score (nSPS) is 12.0. The highest BCUT2D eigenvalue weighted by molar-refractivity contribution is 6.01. The molecule has 1 unspecified atom stereocenters. The zero-order valence-electron chi connectivity index (χ0n) is 13.6. The summed E-state index contributed by atoms with van der Waals surface area (Å²) in [7, 11) is 1.11. The third-order valence-electron chi connectivity index (χ3n) is 2.56. The third-order valence-corrected chi connectivity index (χ3v) is 2.56. The maximum atomic E-state index is 12.0. The molecule has 1 aromatic carbocycles. The van der Waals surface area contributed by atoms with Crippen LogP contribution in [-0.2, 0) is 30.4 Å². The second kappa shape index (κ2) is 8.17. The van der Waals surface area contributed by atoms with Crippen molar-refractivity contribution in [3.8, 4) is 0 Å². The molecule has 0 aliphatic rings. The number of nitrogens with one attached hydrogen (secondary N) is 1. The van der Waals surface area contributed by atoms with Crippen molar-refractivity contribution < 1.29 is 28.6 Å². The number of carbonyl (C=O) groups excluding carboxylic acids is 3. The summed E-state index contributed by atoms with van der Waals surface area (Å²) >= 11 is 0. The van der Waals surface area contributed by atoms with Gasteiger partial charge in [-0.05, 0) is 26.3 Å². The van der Waals surface area contributed by atoms with Crippen LogP contribution in [0.5, 0.6) is 0 Å². The van der Waals surface area contributed by atoms with Crippen LogP contribution in [0.3, 0.4) is 0 Å². The molecular formula is C16H21NO6. The number of methoxy groups -OCH3 is 1. The Kier molecular flexibility index (Phi) is 6.56. The van der Waals surface area contributed by atoms with Crippen molar-refractivity contribution in [1.29, 1.82) is 0 Å². The van der Waals surface area contributed by atoms with E-state index < -0.39 is 29.7 Å². The van der Waals surface area contributed by atoms with Gasteiger partial charge in [-0.25, -0.2) is 14.4 Å². The molecule has 7 heteroatoms. The Morgan fingerprint density at radius 1 is 1.09 bits per heavy atom. The van der Waals surface area contributed by atoms with Crippen LogP contribution >= 0.6 is 0 Å². The van der Waals surface area contributed by atoms with E-state index in [4.69, 9.17) is 9.47 Å². The number of esters is 2. The predicted molar refractivity (Wildman–Crippen MR) is 81.4 cm³/mol. The lowest BCUT2D eigenvalue weighted by Crippen LogP contribution is -2.49. The number of alkyl carbamates (subject to hydrolysis) is 1. The molecule has 0 aliphatic heterocycles. The fraction of sp³-hybridized carbons (Fsp3) is 0.438. The highest BCUT2D eigenvalue weighted by atomic mass is 16.6. The summed E-state index contributed by atoms with van der Waals surface area (Å²) in [5.41, 5.74) is -0.0136. The van der Waals surface area contributed by atoms with Crippen molar-refractivity contribution >= 4 is 18.0 Å². The van der Waals surface area contributed by atoms with Crippen LogP contribution in [-0.4, -0.2) is 36.8 Å². The molecule has 7 nitrogen and oxygen atoms in total. The van der Waals surface area contributed by atoms with Gasteiger partial charge in [0.25, 0.3) is 0 Å². The predicted octanol–water partition coefficient (Wildman–Crippen LogP) is 1.80. The molecule has 0 spiro atoms. The number of ether oxygens (including phenoxy) is 3. The maximum absolute atomic E-state index is 12.0. The van der Waals surface area contributed by atoms with Crippen LogP contribution in [0, 0.1) is 0 Å². The SMILES string of the molecule is COC(=O)C(NC(=O)OC(C)(C)C)C(=O)OCc1ccccc1. The molecule has 1 amide bonds. The number of rotatable bonds is 5. The van der Waals surface area contributed by atoms with E-state index in [1.165, 1.54) is 0 Å². The van der Waals surface area contributed by atoms with Gasteiger partial charge in [0.2, 0.25) is 6.04 Å². The summed E-state index contributed by atoms with van der Waals surface area (Å²) in [4.78, 5) is 35.4. The fourth-order valence-corrected chi connectivity index (χ4v) is 1.57. The van der Waals surface area contributed by atoms with Crippen LogP contribution < -0.4 is 5.32 Å². The van der Waals surface area contributed by atoms with Gasteiger partial charge < -0.3 is 14.2 Å². The van der Waals surface area contributed by atoms with Crippen LogP contribution in [0.4, 0.5) is 4.79 Å². The van der Waals surface area contributed by atoms with Crippen LogP contribution in [0.15, 0.2) is 30.3 Å². The number of carbonyl (C=O) groups is 3. The van der Waals surface area contributed by atoms with Gasteiger partial charge in [-0.3, -0.25) is 5.32 Å². The maximum Gasteiger partial charge on any atom is 0.408 e. The summed E-state index contributed by atoms with van der Waals surface area (Å²) in [5, 5.41) is 2.15. The molecule has 0 radical (unpaired) electrons. The lowest BCUT2D eigenvalue weighted by molar-refractivity contribution is -0.157. The molecule has 23 heavy (non-hydrogen) atoms. The Bertz CT molecular complexity index is 549. The van der Waals surface area contributed by atoms with E-state index in [9.17, 15) is 14.4 Å². The largest absolute Gasteiger partial charge is 0.467 e. The lowest BCUT2D eigenvalue weighted by Gasteiger charge is -2.22. The van der Waals surface area contributed by atoms with Crippen molar-refractivity contribution in [2.24, 2.45) is 0 Å². The van der Waals surface area contributed by atoms with Gasteiger partial charge in [0.1, 0.15) is 12.2 Å². The first-order chi connectivity index (χ1) is 10.7. The first-order valence-corrected chi connectivity index (χ1v) is 7.01. The second-order valence-electron chi connectivity index (χ2n) is 5.70. The quantitative estimate of drug-likeness (QED) is 0.505. The molecule has 0 bridgehead atoms.